The first-order chi connectivity index (χ1) is 13.6. The van der Waals surface area contributed by atoms with E-state index in [1.807, 2.05) is 7.11 Å². The monoisotopic (exact) mass is 380 g/mol. The number of benzene rings is 2. The Bertz CT molecular complexity index is 768. The second-order valence-electron chi connectivity index (χ2n) is 8.50. The maximum absolute atomic E-state index is 6.34. The van der Waals surface area contributed by atoms with Crippen molar-refractivity contribution in [2.75, 3.05) is 54.2 Å². The van der Waals surface area contributed by atoms with Gasteiger partial charge in [0.1, 0.15) is 11.5 Å². The van der Waals surface area contributed by atoms with Crippen molar-refractivity contribution in [3.63, 3.8) is 0 Å². The molecule has 2 aromatic carbocycles. The van der Waals surface area contributed by atoms with Crippen LogP contribution >= 0.6 is 0 Å². The Morgan fingerprint density at radius 3 is 1.39 bits per heavy atom. The summed E-state index contributed by atoms with van der Waals surface area (Å²) in [4.78, 5) is 5.19. The fourth-order valence-electron chi connectivity index (χ4n) is 6.12. The van der Waals surface area contributed by atoms with Crippen LogP contribution in [0.5, 0.6) is 11.5 Å². The highest BCUT2D eigenvalue weighted by Crippen LogP contribution is 2.53. The third-order valence-corrected chi connectivity index (χ3v) is 6.99. The van der Waals surface area contributed by atoms with Crippen LogP contribution in [0.4, 0.5) is 0 Å². The lowest BCUT2D eigenvalue weighted by molar-refractivity contribution is -0.186. The third-order valence-electron chi connectivity index (χ3n) is 6.99. The van der Waals surface area contributed by atoms with Crippen molar-refractivity contribution in [3.05, 3.63) is 59.7 Å². The summed E-state index contributed by atoms with van der Waals surface area (Å²) in [5.41, 5.74) is 2.59. The van der Waals surface area contributed by atoms with Gasteiger partial charge in [-0.2, -0.15) is 0 Å². The zero-order valence-corrected chi connectivity index (χ0v) is 16.9. The largest absolute Gasteiger partial charge is 0.497 e. The van der Waals surface area contributed by atoms with E-state index < -0.39 is 0 Å². The molecular weight excluding hydrogens is 352 g/mol. The van der Waals surface area contributed by atoms with Crippen molar-refractivity contribution in [3.8, 4) is 11.5 Å². The molecule has 0 aromatic heterocycles. The lowest BCUT2D eigenvalue weighted by Gasteiger charge is -2.68. The van der Waals surface area contributed by atoms with Gasteiger partial charge < -0.3 is 14.2 Å². The van der Waals surface area contributed by atoms with Gasteiger partial charge in [0.05, 0.1) is 27.0 Å². The first-order valence-electron chi connectivity index (χ1n) is 9.90. The highest BCUT2D eigenvalue weighted by molar-refractivity contribution is 5.44. The number of hydrogen-bond donors (Lipinski definition) is 0. The smallest absolute Gasteiger partial charge is 0.118 e. The van der Waals surface area contributed by atoms with Gasteiger partial charge >= 0.3 is 0 Å². The highest BCUT2D eigenvalue weighted by atomic mass is 16.5. The van der Waals surface area contributed by atoms with Gasteiger partial charge in [0.15, 0.2) is 0 Å². The van der Waals surface area contributed by atoms with Gasteiger partial charge in [-0.05, 0) is 35.4 Å². The molecule has 4 heterocycles. The zero-order valence-electron chi connectivity index (χ0n) is 16.9. The molecular formula is C23H28N2O3. The maximum atomic E-state index is 6.34. The minimum absolute atomic E-state index is 0.0459. The average molecular weight is 380 g/mol. The van der Waals surface area contributed by atoms with Crippen LogP contribution in [0.25, 0.3) is 0 Å². The van der Waals surface area contributed by atoms with E-state index in [1.54, 1.807) is 14.2 Å². The first kappa shape index (κ1) is 18.0. The number of methoxy groups -OCH3 is 3. The van der Waals surface area contributed by atoms with E-state index in [9.17, 15) is 0 Å². The Balaban J connectivity index is 1.62. The lowest BCUT2D eigenvalue weighted by atomic mass is 9.55. The van der Waals surface area contributed by atoms with Gasteiger partial charge in [-0.25, -0.2) is 0 Å². The fraction of sp³-hybridized carbons (Fsp3) is 0.478. The molecule has 4 saturated heterocycles. The van der Waals surface area contributed by atoms with Gasteiger partial charge in [0, 0.05) is 44.1 Å². The Morgan fingerprint density at radius 1 is 0.679 bits per heavy atom. The lowest BCUT2D eigenvalue weighted by Crippen LogP contribution is -2.81. The van der Waals surface area contributed by atoms with Crippen molar-refractivity contribution in [2.24, 2.45) is 0 Å². The molecule has 0 atom stereocenters. The molecule has 4 aliphatic heterocycles. The van der Waals surface area contributed by atoms with Gasteiger partial charge in [-0.15, -0.1) is 0 Å². The molecule has 0 saturated carbocycles. The van der Waals surface area contributed by atoms with Crippen LogP contribution in [0.15, 0.2) is 48.5 Å². The third kappa shape index (κ3) is 2.43. The predicted molar refractivity (Wildman–Crippen MR) is 108 cm³/mol. The van der Waals surface area contributed by atoms with Gasteiger partial charge in [0.25, 0.3) is 0 Å². The van der Waals surface area contributed by atoms with Crippen LogP contribution in [0, 0.1) is 0 Å². The normalized spacial score (nSPS) is 35.8. The number of ether oxygens (including phenoxy) is 3. The van der Waals surface area contributed by atoms with Gasteiger partial charge in [0.2, 0.25) is 0 Å². The number of piperidine rings is 2. The molecule has 0 N–H and O–H groups in total. The van der Waals surface area contributed by atoms with E-state index in [2.05, 4.69) is 58.3 Å². The second-order valence-corrected chi connectivity index (χ2v) is 8.50. The molecule has 6 rings (SSSR count). The topological polar surface area (TPSA) is 34.2 Å². The SMILES string of the molecule is COc1ccc(C23CN4CN(C2)CC(c2ccc(OC)cc2)(C4)C3OC)cc1. The van der Waals surface area contributed by atoms with Crippen molar-refractivity contribution in [2.45, 2.75) is 16.9 Å². The summed E-state index contributed by atoms with van der Waals surface area (Å²) in [6.07, 6.45) is 0.120. The predicted octanol–water partition coefficient (Wildman–Crippen LogP) is 2.50. The highest BCUT2D eigenvalue weighted by Gasteiger charge is 2.64. The van der Waals surface area contributed by atoms with Crippen LogP contribution < -0.4 is 9.47 Å². The molecule has 148 valence electrons. The summed E-state index contributed by atoms with van der Waals surface area (Å²) in [6, 6.07) is 17.2. The molecule has 4 fully saturated rings. The Kier molecular flexibility index (Phi) is 4.16. The molecule has 0 radical (unpaired) electrons. The summed E-state index contributed by atoms with van der Waals surface area (Å²) < 4.78 is 17.1. The van der Waals surface area contributed by atoms with Crippen LogP contribution in [-0.2, 0) is 15.6 Å². The van der Waals surface area contributed by atoms with E-state index in [1.165, 1.54) is 11.1 Å². The van der Waals surface area contributed by atoms with Gasteiger partial charge in [-0.1, -0.05) is 24.3 Å². The summed E-state index contributed by atoms with van der Waals surface area (Å²) in [5, 5.41) is 0. The number of hydrogen-bond acceptors (Lipinski definition) is 5. The molecule has 4 bridgehead atoms. The molecule has 28 heavy (non-hydrogen) atoms. The standard InChI is InChI=1S/C23H28N2O3/c1-26-19-8-4-17(5-9-19)22-12-24-14-23(21(22)28-3,15-25(13-22)16-24)18-6-10-20(27-2)11-7-18/h4-11,21H,12-16H2,1-3H3. The number of nitrogens with zero attached hydrogens (tertiary/aromatic N) is 2. The Labute approximate surface area is 166 Å². The number of rotatable bonds is 5. The van der Waals surface area contributed by atoms with E-state index in [-0.39, 0.29) is 16.9 Å². The Morgan fingerprint density at radius 2 is 1.07 bits per heavy atom. The quantitative estimate of drug-likeness (QED) is 0.796. The van der Waals surface area contributed by atoms with Crippen LogP contribution in [0.3, 0.4) is 0 Å². The summed E-state index contributed by atoms with van der Waals surface area (Å²) in [5.74, 6) is 1.79. The van der Waals surface area contributed by atoms with Crippen molar-refractivity contribution < 1.29 is 14.2 Å². The zero-order chi connectivity index (χ0) is 19.4. The fourth-order valence-corrected chi connectivity index (χ4v) is 6.12. The molecule has 0 aliphatic carbocycles. The summed E-state index contributed by atoms with van der Waals surface area (Å²) in [6.45, 7) is 5.18. The van der Waals surface area contributed by atoms with Gasteiger partial charge in [-0.3, -0.25) is 9.80 Å². The first-order valence-corrected chi connectivity index (χ1v) is 9.90. The van der Waals surface area contributed by atoms with Crippen molar-refractivity contribution >= 4 is 0 Å². The van der Waals surface area contributed by atoms with Crippen LogP contribution in [0.2, 0.25) is 0 Å². The van der Waals surface area contributed by atoms with Crippen molar-refractivity contribution in [1.29, 1.82) is 0 Å². The molecule has 5 nitrogen and oxygen atoms in total. The maximum Gasteiger partial charge on any atom is 0.118 e. The average Bonchev–Trinajstić information content (AvgIpc) is 2.73. The van der Waals surface area contributed by atoms with E-state index >= 15 is 0 Å². The van der Waals surface area contributed by atoms with E-state index in [0.29, 0.717) is 0 Å². The molecule has 0 amide bonds. The van der Waals surface area contributed by atoms with Crippen molar-refractivity contribution in [1.82, 2.24) is 9.80 Å². The molecule has 4 aliphatic rings. The van der Waals surface area contributed by atoms with E-state index in [4.69, 9.17) is 14.2 Å². The molecule has 5 heteroatoms. The summed E-state index contributed by atoms with van der Waals surface area (Å²) in [7, 11) is 5.32. The minimum Gasteiger partial charge on any atom is -0.497 e. The Hall–Kier alpha value is -2.08. The van der Waals surface area contributed by atoms with E-state index in [0.717, 1.165) is 44.3 Å². The molecule has 2 aromatic rings. The molecule has 0 spiro atoms. The molecule has 0 unspecified atom stereocenters. The minimum atomic E-state index is -0.0459. The second kappa shape index (κ2) is 6.48. The van der Waals surface area contributed by atoms with Crippen LogP contribution in [-0.4, -0.2) is 70.1 Å². The summed E-state index contributed by atoms with van der Waals surface area (Å²) >= 11 is 0. The van der Waals surface area contributed by atoms with Crippen LogP contribution in [0.1, 0.15) is 11.1 Å².